The van der Waals surface area contributed by atoms with Crippen LogP contribution in [0.2, 0.25) is 0 Å². The maximum atomic E-state index is 10.7. The number of hydrogen-bond donors (Lipinski definition) is 2. The maximum Gasteiger partial charge on any atom is 0.274 e. The molecule has 0 fully saturated rings. The Hall–Kier alpha value is -1.11. The Kier molecular flexibility index (Phi) is 5.40. The van der Waals surface area contributed by atoms with Gasteiger partial charge in [-0.25, -0.2) is 0 Å². The lowest BCUT2D eigenvalue weighted by Gasteiger charge is -2.08. The molecule has 94 valence electrons. The van der Waals surface area contributed by atoms with Crippen LogP contribution in [0.15, 0.2) is 23.1 Å². The summed E-state index contributed by atoms with van der Waals surface area (Å²) in [6.45, 7) is 1.69. The lowest BCUT2D eigenvalue weighted by atomic mass is 10.2. The molecular weight excluding hydrogens is 242 g/mol. The first-order valence-corrected chi connectivity index (χ1v) is 6.19. The molecule has 17 heavy (non-hydrogen) atoms. The van der Waals surface area contributed by atoms with Gasteiger partial charge in [-0.2, -0.15) is 0 Å². The van der Waals surface area contributed by atoms with Gasteiger partial charge in [-0.1, -0.05) is 6.92 Å². The van der Waals surface area contributed by atoms with Gasteiger partial charge in [-0.3, -0.25) is 10.1 Å². The third kappa shape index (κ3) is 3.99. The predicted octanol–water partition coefficient (Wildman–Crippen LogP) is 1.81. The van der Waals surface area contributed by atoms with Crippen molar-refractivity contribution in [3.8, 4) is 0 Å². The molecule has 0 amide bonds. The first kappa shape index (κ1) is 14.0. The van der Waals surface area contributed by atoms with Crippen molar-refractivity contribution in [1.82, 2.24) is 0 Å². The van der Waals surface area contributed by atoms with Crippen LogP contribution in [0.4, 0.5) is 5.69 Å². The number of nitro groups is 1. The monoisotopic (exact) mass is 257 g/mol. The third-order valence-electron chi connectivity index (χ3n) is 2.26. The summed E-state index contributed by atoms with van der Waals surface area (Å²) >= 11 is 1.51. The molecule has 0 aliphatic rings. The zero-order chi connectivity index (χ0) is 12.8. The summed E-state index contributed by atoms with van der Waals surface area (Å²) in [7, 11) is 0. The topological polar surface area (TPSA) is 83.6 Å². The Labute approximate surface area is 104 Å². The number of benzene rings is 1. The first-order valence-electron chi connectivity index (χ1n) is 5.20. The molecule has 0 saturated carbocycles. The Morgan fingerprint density at radius 1 is 1.47 bits per heavy atom. The number of thioether (sulfide) groups is 1. The van der Waals surface area contributed by atoms with Gasteiger partial charge in [0.15, 0.2) is 0 Å². The van der Waals surface area contributed by atoms with Crippen molar-refractivity contribution in [2.45, 2.75) is 18.4 Å². The van der Waals surface area contributed by atoms with Gasteiger partial charge in [0.2, 0.25) is 0 Å². The van der Waals surface area contributed by atoms with Crippen molar-refractivity contribution in [3.63, 3.8) is 0 Å². The first-order chi connectivity index (χ1) is 8.08. The van der Waals surface area contributed by atoms with E-state index in [-0.39, 0.29) is 24.8 Å². The Bertz CT molecular complexity index is 397. The van der Waals surface area contributed by atoms with Gasteiger partial charge in [0.1, 0.15) is 0 Å². The van der Waals surface area contributed by atoms with Crippen LogP contribution in [-0.2, 0) is 6.61 Å². The predicted molar refractivity (Wildman–Crippen MR) is 66.0 cm³/mol. The number of nitrogens with zero attached hydrogens (tertiary/aromatic N) is 1. The van der Waals surface area contributed by atoms with E-state index in [4.69, 9.17) is 10.2 Å². The molecule has 1 aromatic rings. The molecule has 0 aliphatic carbocycles. The van der Waals surface area contributed by atoms with Gasteiger partial charge < -0.3 is 10.2 Å². The van der Waals surface area contributed by atoms with E-state index in [2.05, 4.69) is 0 Å². The van der Waals surface area contributed by atoms with Crippen molar-refractivity contribution >= 4 is 17.4 Å². The van der Waals surface area contributed by atoms with E-state index in [1.165, 1.54) is 17.8 Å². The number of rotatable bonds is 6. The molecule has 0 radical (unpaired) electrons. The van der Waals surface area contributed by atoms with Crippen LogP contribution in [0.5, 0.6) is 0 Å². The second-order valence-corrected chi connectivity index (χ2v) is 4.90. The largest absolute Gasteiger partial charge is 0.396 e. The highest BCUT2D eigenvalue weighted by molar-refractivity contribution is 7.99. The second-order valence-electron chi connectivity index (χ2n) is 3.80. The molecule has 1 aromatic carbocycles. The fourth-order valence-electron chi connectivity index (χ4n) is 1.25. The maximum absolute atomic E-state index is 10.7. The number of hydrogen-bond acceptors (Lipinski definition) is 5. The summed E-state index contributed by atoms with van der Waals surface area (Å²) in [6.07, 6.45) is 0. The van der Waals surface area contributed by atoms with Gasteiger partial charge in [0.25, 0.3) is 5.69 Å². The molecular formula is C11H15NO4S. The Morgan fingerprint density at radius 3 is 2.71 bits per heavy atom. The molecule has 0 aliphatic heterocycles. The minimum atomic E-state index is -0.504. The lowest BCUT2D eigenvalue weighted by Crippen LogP contribution is -2.03. The van der Waals surface area contributed by atoms with Gasteiger partial charge in [-0.15, -0.1) is 11.8 Å². The van der Waals surface area contributed by atoms with E-state index < -0.39 is 4.92 Å². The van der Waals surface area contributed by atoms with Crippen molar-refractivity contribution in [2.75, 3.05) is 12.4 Å². The molecule has 1 rings (SSSR count). The number of nitro benzene ring substituents is 1. The minimum Gasteiger partial charge on any atom is -0.396 e. The molecule has 6 heteroatoms. The van der Waals surface area contributed by atoms with Crippen LogP contribution < -0.4 is 0 Å². The summed E-state index contributed by atoms with van der Waals surface area (Å²) in [5.41, 5.74) is 0.253. The summed E-state index contributed by atoms with van der Waals surface area (Å²) < 4.78 is 0. The van der Waals surface area contributed by atoms with Crippen LogP contribution in [0.1, 0.15) is 12.5 Å². The highest BCUT2D eigenvalue weighted by Crippen LogP contribution is 2.27. The van der Waals surface area contributed by atoms with Crippen LogP contribution in [0, 0.1) is 16.0 Å². The second kappa shape index (κ2) is 6.58. The van der Waals surface area contributed by atoms with E-state index in [0.29, 0.717) is 5.56 Å². The van der Waals surface area contributed by atoms with Crippen LogP contribution in [0.25, 0.3) is 0 Å². The smallest absolute Gasteiger partial charge is 0.274 e. The summed E-state index contributed by atoms with van der Waals surface area (Å²) in [5.74, 6) is 0.909. The van der Waals surface area contributed by atoms with Gasteiger partial charge in [0, 0.05) is 23.3 Å². The fourth-order valence-corrected chi connectivity index (χ4v) is 2.22. The standard InChI is InChI=1S/C11H15NO4S/c1-8(5-13)7-17-10-2-3-11(12(15)16)9(4-10)6-14/h2-4,8,13-14H,5-7H2,1H3. The zero-order valence-electron chi connectivity index (χ0n) is 9.50. The third-order valence-corrected chi connectivity index (χ3v) is 3.59. The minimum absolute atomic E-state index is 0.0629. The van der Waals surface area contributed by atoms with Crippen molar-refractivity contribution < 1.29 is 15.1 Å². The Morgan fingerprint density at radius 2 is 2.18 bits per heavy atom. The summed E-state index contributed by atoms with van der Waals surface area (Å²) in [6, 6.07) is 4.68. The highest BCUT2D eigenvalue weighted by atomic mass is 32.2. The molecule has 1 unspecified atom stereocenters. The normalized spacial score (nSPS) is 12.4. The van der Waals surface area contributed by atoms with Gasteiger partial charge in [0.05, 0.1) is 17.1 Å². The van der Waals surface area contributed by atoms with E-state index >= 15 is 0 Å². The number of aliphatic hydroxyl groups excluding tert-OH is 2. The molecule has 0 heterocycles. The Balaban J connectivity index is 2.79. The molecule has 0 spiro atoms. The van der Waals surface area contributed by atoms with Crippen LogP contribution >= 0.6 is 11.8 Å². The molecule has 0 bridgehead atoms. The highest BCUT2D eigenvalue weighted by Gasteiger charge is 2.13. The number of aliphatic hydroxyl groups is 2. The van der Waals surface area contributed by atoms with Gasteiger partial charge in [-0.05, 0) is 18.1 Å². The van der Waals surface area contributed by atoms with E-state index in [1.807, 2.05) is 6.92 Å². The summed E-state index contributed by atoms with van der Waals surface area (Å²) in [4.78, 5) is 11.0. The van der Waals surface area contributed by atoms with E-state index in [0.717, 1.165) is 10.6 Å². The van der Waals surface area contributed by atoms with Crippen LogP contribution in [0.3, 0.4) is 0 Å². The van der Waals surface area contributed by atoms with E-state index in [1.54, 1.807) is 12.1 Å². The fraction of sp³-hybridized carbons (Fsp3) is 0.455. The van der Waals surface area contributed by atoms with E-state index in [9.17, 15) is 10.1 Å². The quantitative estimate of drug-likeness (QED) is 0.461. The molecule has 2 N–H and O–H groups in total. The molecule has 1 atom stereocenters. The van der Waals surface area contributed by atoms with Crippen molar-refractivity contribution in [1.29, 1.82) is 0 Å². The molecule has 0 saturated heterocycles. The van der Waals surface area contributed by atoms with Crippen molar-refractivity contribution in [3.05, 3.63) is 33.9 Å². The zero-order valence-corrected chi connectivity index (χ0v) is 10.3. The average molecular weight is 257 g/mol. The molecule has 5 nitrogen and oxygen atoms in total. The van der Waals surface area contributed by atoms with Gasteiger partial charge >= 0.3 is 0 Å². The van der Waals surface area contributed by atoms with Crippen LogP contribution in [-0.4, -0.2) is 27.5 Å². The SMILES string of the molecule is CC(CO)CSc1ccc([N+](=O)[O-])c(CO)c1. The van der Waals surface area contributed by atoms with Crippen molar-refractivity contribution in [2.24, 2.45) is 5.92 Å². The summed E-state index contributed by atoms with van der Waals surface area (Å²) in [5, 5.41) is 28.6. The lowest BCUT2D eigenvalue weighted by molar-refractivity contribution is -0.385. The average Bonchev–Trinajstić information content (AvgIpc) is 2.35. The molecule has 0 aromatic heterocycles.